The number of sulfonamides is 1. The summed E-state index contributed by atoms with van der Waals surface area (Å²) in [6.07, 6.45) is 1.93. The van der Waals surface area contributed by atoms with Crippen molar-refractivity contribution in [1.29, 1.82) is 0 Å². The lowest BCUT2D eigenvalue weighted by atomic mass is 10.0. The molecular formula is C13H22ClNO3S. The second-order valence-electron chi connectivity index (χ2n) is 4.49. The number of furan rings is 1. The fourth-order valence-corrected chi connectivity index (χ4v) is 3.53. The molecule has 0 aliphatic heterocycles. The van der Waals surface area contributed by atoms with Crippen molar-refractivity contribution in [1.82, 2.24) is 4.31 Å². The number of rotatable bonds is 8. The van der Waals surface area contributed by atoms with E-state index in [1.54, 1.807) is 6.07 Å². The molecule has 0 amide bonds. The highest BCUT2D eigenvalue weighted by molar-refractivity contribution is 7.89. The number of alkyl halides is 1. The van der Waals surface area contributed by atoms with E-state index < -0.39 is 10.0 Å². The van der Waals surface area contributed by atoms with Crippen LogP contribution in [-0.2, 0) is 15.9 Å². The second kappa shape index (κ2) is 7.31. The van der Waals surface area contributed by atoms with Gasteiger partial charge in [0.2, 0.25) is 5.09 Å². The molecule has 0 fully saturated rings. The molecule has 0 saturated heterocycles. The molecule has 0 saturated carbocycles. The lowest BCUT2D eigenvalue weighted by Crippen LogP contribution is -2.34. The highest BCUT2D eigenvalue weighted by atomic mass is 35.5. The van der Waals surface area contributed by atoms with Gasteiger partial charge in [-0.25, -0.2) is 8.42 Å². The quantitative estimate of drug-likeness (QED) is 0.691. The van der Waals surface area contributed by atoms with Crippen molar-refractivity contribution in [2.24, 2.45) is 5.92 Å². The fraction of sp³-hybridized carbons (Fsp3) is 0.692. The van der Waals surface area contributed by atoms with Gasteiger partial charge in [-0.1, -0.05) is 33.6 Å². The molecule has 0 atom stereocenters. The standard InChI is InChI=1S/C13H22ClNO3S/c1-4-11(5-2)10-15(6-3)19(16,17)13-8-7-12(9-14)18-13/h7-8,11H,4-6,9-10H2,1-3H3. The van der Waals surface area contributed by atoms with Crippen LogP contribution in [-0.4, -0.2) is 25.8 Å². The minimum Gasteiger partial charge on any atom is -0.447 e. The minimum atomic E-state index is -3.55. The third-order valence-electron chi connectivity index (χ3n) is 3.33. The van der Waals surface area contributed by atoms with E-state index in [-0.39, 0.29) is 11.0 Å². The van der Waals surface area contributed by atoms with Crippen molar-refractivity contribution < 1.29 is 12.8 Å². The minimum absolute atomic E-state index is 0.0176. The maximum absolute atomic E-state index is 12.4. The maximum atomic E-state index is 12.4. The van der Waals surface area contributed by atoms with Crippen LogP contribution in [0.15, 0.2) is 21.6 Å². The Bertz CT molecular complexity index is 480. The monoisotopic (exact) mass is 307 g/mol. The molecule has 6 heteroatoms. The van der Waals surface area contributed by atoms with Gasteiger partial charge >= 0.3 is 0 Å². The number of halogens is 1. The maximum Gasteiger partial charge on any atom is 0.276 e. The third-order valence-corrected chi connectivity index (χ3v) is 5.41. The van der Waals surface area contributed by atoms with E-state index in [4.69, 9.17) is 16.0 Å². The predicted octanol–water partition coefficient (Wildman–Crippen LogP) is 3.47. The summed E-state index contributed by atoms with van der Waals surface area (Å²) in [7, 11) is -3.55. The van der Waals surface area contributed by atoms with E-state index in [9.17, 15) is 8.42 Å². The molecule has 1 aromatic heterocycles. The Balaban J connectivity index is 2.95. The van der Waals surface area contributed by atoms with E-state index in [2.05, 4.69) is 13.8 Å². The van der Waals surface area contributed by atoms with Gasteiger partial charge in [-0.2, -0.15) is 4.31 Å². The molecule has 0 unspecified atom stereocenters. The molecule has 0 bridgehead atoms. The number of nitrogens with zero attached hydrogens (tertiary/aromatic N) is 1. The van der Waals surface area contributed by atoms with Crippen molar-refractivity contribution in [3.05, 3.63) is 17.9 Å². The Labute approximate surface area is 120 Å². The van der Waals surface area contributed by atoms with E-state index in [1.165, 1.54) is 10.4 Å². The molecular weight excluding hydrogens is 286 g/mol. The molecule has 0 aromatic carbocycles. The van der Waals surface area contributed by atoms with Gasteiger partial charge in [0.15, 0.2) is 0 Å². The van der Waals surface area contributed by atoms with Gasteiger partial charge < -0.3 is 4.42 Å². The Hall–Kier alpha value is -0.520. The van der Waals surface area contributed by atoms with Gasteiger partial charge in [0.25, 0.3) is 10.0 Å². The highest BCUT2D eigenvalue weighted by Gasteiger charge is 2.27. The SMILES string of the molecule is CCC(CC)CN(CC)S(=O)(=O)c1ccc(CCl)o1. The van der Waals surface area contributed by atoms with E-state index in [1.807, 2.05) is 6.92 Å². The largest absolute Gasteiger partial charge is 0.447 e. The zero-order valence-electron chi connectivity index (χ0n) is 11.7. The smallest absolute Gasteiger partial charge is 0.276 e. The van der Waals surface area contributed by atoms with Gasteiger partial charge in [-0.05, 0) is 18.1 Å². The van der Waals surface area contributed by atoms with Crippen molar-refractivity contribution in [2.75, 3.05) is 13.1 Å². The first-order valence-electron chi connectivity index (χ1n) is 6.64. The van der Waals surface area contributed by atoms with Crippen LogP contribution in [0.1, 0.15) is 39.4 Å². The molecule has 0 N–H and O–H groups in total. The summed E-state index contributed by atoms with van der Waals surface area (Å²) in [6, 6.07) is 3.08. The molecule has 1 aromatic rings. The van der Waals surface area contributed by atoms with Gasteiger partial charge in [0.1, 0.15) is 5.76 Å². The molecule has 4 nitrogen and oxygen atoms in total. The van der Waals surface area contributed by atoms with Crippen LogP contribution in [0.4, 0.5) is 0 Å². The molecule has 1 heterocycles. The summed E-state index contributed by atoms with van der Waals surface area (Å²) in [6.45, 7) is 6.96. The first-order valence-corrected chi connectivity index (χ1v) is 8.61. The summed E-state index contributed by atoms with van der Waals surface area (Å²) in [4.78, 5) is 0. The molecule has 0 aliphatic carbocycles. The Kier molecular flexibility index (Phi) is 6.36. The second-order valence-corrected chi connectivity index (χ2v) is 6.63. The average molecular weight is 308 g/mol. The first kappa shape index (κ1) is 16.5. The number of hydrogen-bond donors (Lipinski definition) is 0. The van der Waals surface area contributed by atoms with Crippen molar-refractivity contribution in [2.45, 2.75) is 44.6 Å². The van der Waals surface area contributed by atoms with Crippen LogP contribution >= 0.6 is 11.6 Å². The average Bonchev–Trinajstić information content (AvgIpc) is 2.89. The van der Waals surface area contributed by atoms with Gasteiger partial charge in [0.05, 0.1) is 5.88 Å². The molecule has 110 valence electrons. The van der Waals surface area contributed by atoms with Gasteiger partial charge in [-0.15, -0.1) is 11.6 Å². The zero-order chi connectivity index (χ0) is 14.5. The summed E-state index contributed by atoms with van der Waals surface area (Å²) in [5.74, 6) is 1.02. The Morgan fingerprint density at radius 1 is 1.26 bits per heavy atom. The number of hydrogen-bond acceptors (Lipinski definition) is 3. The molecule has 0 radical (unpaired) electrons. The van der Waals surface area contributed by atoms with Crippen LogP contribution < -0.4 is 0 Å². The van der Waals surface area contributed by atoms with Crippen LogP contribution in [0, 0.1) is 5.92 Å². The van der Waals surface area contributed by atoms with Crippen LogP contribution in [0.3, 0.4) is 0 Å². The fourth-order valence-electron chi connectivity index (χ4n) is 1.93. The normalized spacial score (nSPS) is 12.5. The van der Waals surface area contributed by atoms with Crippen LogP contribution in [0.5, 0.6) is 0 Å². The van der Waals surface area contributed by atoms with E-state index in [0.717, 1.165) is 12.8 Å². The lowest BCUT2D eigenvalue weighted by molar-refractivity contribution is 0.325. The Morgan fingerprint density at radius 2 is 1.89 bits per heavy atom. The zero-order valence-corrected chi connectivity index (χ0v) is 13.3. The third kappa shape index (κ3) is 3.97. The summed E-state index contributed by atoms with van der Waals surface area (Å²) in [5.41, 5.74) is 0. The molecule has 1 rings (SSSR count). The lowest BCUT2D eigenvalue weighted by Gasteiger charge is -2.23. The topological polar surface area (TPSA) is 50.5 Å². The summed E-state index contributed by atoms with van der Waals surface area (Å²) < 4.78 is 31.6. The van der Waals surface area contributed by atoms with Gasteiger partial charge in [-0.3, -0.25) is 0 Å². The molecule has 19 heavy (non-hydrogen) atoms. The van der Waals surface area contributed by atoms with Crippen molar-refractivity contribution in [3.8, 4) is 0 Å². The predicted molar refractivity (Wildman–Crippen MR) is 76.8 cm³/mol. The van der Waals surface area contributed by atoms with Crippen LogP contribution in [0.2, 0.25) is 0 Å². The summed E-state index contributed by atoms with van der Waals surface area (Å²) in [5, 5.41) is -0.0176. The molecule has 0 aliphatic rings. The van der Waals surface area contributed by atoms with Crippen molar-refractivity contribution >= 4 is 21.6 Å². The van der Waals surface area contributed by atoms with Crippen molar-refractivity contribution in [3.63, 3.8) is 0 Å². The molecule has 0 spiro atoms. The summed E-state index contributed by atoms with van der Waals surface area (Å²) >= 11 is 5.63. The van der Waals surface area contributed by atoms with Gasteiger partial charge in [0, 0.05) is 13.1 Å². The van der Waals surface area contributed by atoms with Crippen LogP contribution in [0.25, 0.3) is 0 Å². The first-order chi connectivity index (χ1) is 8.99. The van der Waals surface area contributed by atoms with E-state index in [0.29, 0.717) is 24.8 Å². The Morgan fingerprint density at radius 3 is 2.32 bits per heavy atom. The highest BCUT2D eigenvalue weighted by Crippen LogP contribution is 2.22. The van der Waals surface area contributed by atoms with E-state index >= 15 is 0 Å².